The third-order valence-electron chi connectivity index (χ3n) is 3.90. The molecule has 132 valence electrons. The Bertz CT molecular complexity index is 678. The van der Waals surface area contributed by atoms with E-state index in [1.165, 1.54) is 6.39 Å². The monoisotopic (exact) mass is 391 g/mol. The van der Waals surface area contributed by atoms with Crippen molar-refractivity contribution in [1.82, 2.24) is 15.2 Å². The first-order valence-corrected chi connectivity index (χ1v) is 7.78. The standard InChI is InChI=1S/C16H18ClN3O2.2ClH/c1-2-14-15(19-10-22-14)16(21)20-7-6-18-9-13(20)11-4-3-5-12(17)8-11;;/h3-5,8,10,13,18H,2,6-7,9H2,1H3;2*1H. The number of carbonyl (C=O) groups is 1. The van der Waals surface area contributed by atoms with Gasteiger partial charge in [0.1, 0.15) is 5.76 Å². The van der Waals surface area contributed by atoms with Crippen LogP contribution in [0.5, 0.6) is 0 Å². The molecule has 0 bridgehead atoms. The molecule has 0 spiro atoms. The second kappa shape index (κ2) is 9.28. The third-order valence-corrected chi connectivity index (χ3v) is 4.14. The molecule has 1 N–H and O–H groups in total. The number of hydrogen-bond acceptors (Lipinski definition) is 4. The minimum atomic E-state index is -0.0860. The van der Waals surface area contributed by atoms with Gasteiger partial charge in [0.25, 0.3) is 5.91 Å². The van der Waals surface area contributed by atoms with Crippen LogP contribution in [0.15, 0.2) is 35.1 Å². The molecule has 2 heterocycles. The number of aromatic nitrogens is 1. The van der Waals surface area contributed by atoms with E-state index in [0.29, 0.717) is 36.0 Å². The van der Waals surface area contributed by atoms with Gasteiger partial charge in [0.05, 0.1) is 6.04 Å². The lowest BCUT2D eigenvalue weighted by Gasteiger charge is -2.36. The van der Waals surface area contributed by atoms with Crippen LogP contribution in [-0.4, -0.2) is 35.4 Å². The Kier molecular flexibility index (Phi) is 8.03. The Hall–Kier alpha value is -1.27. The second-order valence-corrected chi connectivity index (χ2v) is 5.69. The summed E-state index contributed by atoms with van der Waals surface area (Å²) < 4.78 is 5.29. The zero-order valence-electron chi connectivity index (χ0n) is 13.2. The average molecular weight is 393 g/mol. The Labute approximate surface area is 158 Å². The molecule has 1 fully saturated rings. The summed E-state index contributed by atoms with van der Waals surface area (Å²) in [5, 5.41) is 4.00. The van der Waals surface area contributed by atoms with Crippen LogP contribution in [0.1, 0.15) is 34.8 Å². The molecule has 5 nitrogen and oxygen atoms in total. The number of hydrogen-bond donors (Lipinski definition) is 1. The van der Waals surface area contributed by atoms with Crippen LogP contribution in [0.25, 0.3) is 0 Å². The molecule has 1 aliphatic rings. The highest BCUT2D eigenvalue weighted by molar-refractivity contribution is 6.30. The minimum Gasteiger partial charge on any atom is -0.448 e. The van der Waals surface area contributed by atoms with E-state index >= 15 is 0 Å². The van der Waals surface area contributed by atoms with Crippen LogP contribution in [0.2, 0.25) is 5.02 Å². The molecule has 24 heavy (non-hydrogen) atoms. The molecular weight excluding hydrogens is 373 g/mol. The van der Waals surface area contributed by atoms with Gasteiger partial charge in [0.15, 0.2) is 12.1 Å². The first kappa shape index (κ1) is 20.8. The molecule has 1 saturated heterocycles. The van der Waals surface area contributed by atoms with E-state index in [4.69, 9.17) is 16.0 Å². The van der Waals surface area contributed by atoms with Gasteiger partial charge in [0, 0.05) is 31.1 Å². The van der Waals surface area contributed by atoms with Crippen molar-refractivity contribution in [3.63, 3.8) is 0 Å². The van der Waals surface area contributed by atoms with E-state index in [9.17, 15) is 4.79 Å². The number of amides is 1. The van der Waals surface area contributed by atoms with Crippen LogP contribution in [0.4, 0.5) is 0 Å². The predicted molar refractivity (Wildman–Crippen MR) is 98.5 cm³/mol. The lowest BCUT2D eigenvalue weighted by Crippen LogP contribution is -2.49. The van der Waals surface area contributed by atoms with Crippen LogP contribution in [0.3, 0.4) is 0 Å². The number of benzene rings is 1. The lowest BCUT2D eigenvalue weighted by atomic mass is 10.0. The van der Waals surface area contributed by atoms with Crippen LogP contribution >= 0.6 is 36.4 Å². The molecule has 2 aromatic rings. The average Bonchev–Trinajstić information content (AvgIpc) is 3.03. The fourth-order valence-electron chi connectivity index (χ4n) is 2.79. The number of nitrogens with zero attached hydrogens (tertiary/aromatic N) is 2. The number of piperazine rings is 1. The molecule has 1 atom stereocenters. The van der Waals surface area contributed by atoms with Crippen molar-refractivity contribution in [2.75, 3.05) is 19.6 Å². The summed E-state index contributed by atoms with van der Waals surface area (Å²) in [5.41, 5.74) is 1.44. The quantitative estimate of drug-likeness (QED) is 0.868. The Balaban J connectivity index is 0.00000144. The molecule has 0 aliphatic carbocycles. The highest BCUT2D eigenvalue weighted by atomic mass is 35.5. The molecule has 1 amide bonds. The summed E-state index contributed by atoms with van der Waals surface area (Å²) in [6.07, 6.45) is 1.98. The van der Waals surface area contributed by atoms with E-state index in [1.807, 2.05) is 36.1 Å². The molecule has 1 aliphatic heterocycles. The maximum atomic E-state index is 12.9. The summed E-state index contributed by atoms with van der Waals surface area (Å²) >= 11 is 6.09. The minimum absolute atomic E-state index is 0. The smallest absolute Gasteiger partial charge is 0.276 e. The van der Waals surface area contributed by atoms with Gasteiger partial charge in [-0.25, -0.2) is 4.98 Å². The van der Waals surface area contributed by atoms with Gasteiger partial charge in [-0.1, -0.05) is 30.7 Å². The van der Waals surface area contributed by atoms with Crippen LogP contribution in [-0.2, 0) is 6.42 Å². The summed E-state index contributed by atoms with van der Waals surface area (Å²) in [4.78, 5) is 18.8. The molecule has 1 aromatic heterocycles. The fraction of sp³-hybridized carbons (Fsp3) is 0.375. The zero-order chi connectivity index (χ0) is 15.5. The van der Waals surface area contributed by atoms with Gasteiger partial charge in [-0.05, 0) is 17.7 Å². The van der Waals surface area contributed by atoms with Gasteiger partial charge in [-0.15, -0.1) is 24.8 Å². The number of carbonyl (C=O) groups excluding carboxylic acids is 1. The Morgan fingerprint density at radius 2 is 2.25 bits per heavy atom. The molecule has 8 heteroatoms. The molecular formula is C16H20Cl3N3O2. The normalized spacial score (nSPS) is 16.9. The van der Waals surface area contributed by atoms with Crippen molar-refractivity contribution in [2.45, 2.75) is 19.4 Å². The van der Waals surface area contributed by atoms with Gasteiger partial charge >= 0.3 is 0 Å². The van der Waals surface area contributed by atoms with E-state index in [1.54, 1.807) is 0 Å². The van der Waals surface area contributed by atoms with Gasteiger partial charge < -0.3 is 14.6 Å². The summed E-state index contributed by atoms with van der Waals surface area (Å²) in [6, 6.07) is 7.58. The first-order chi connectivity index (χ1) is 10.7. The summed E-state index contributed by atoms with van der Waals surface area (Å²) in [5.74, 6) is 0.547. The first-order valence-electron chi connectivity index (χ1n) is 7.40. The SMILES string of the molecule is CCc1ocnc1C(=O)N1CCNCC1c1cccc(Cl)c1.Cl.Cl. The third kappa shape index (κ3) is 4.22. The van der Waals surface area contributed by atoms with Crippen molar-refractivity contribution in [2.24, 2.45) is 0 Å². The van der Waals surface area contributed by atoms with Crippen molar-refractivity contribution in [3.8, 4) is 0 Å². The molecule has 1 aromatic carbocycles. The number of aryl methyl sites for hydroxylation is 1. The van der Waals surface area contributed by atoms with Crippen LogP contribution in [0, 0.1) is 0 Å². The predicted octanol–water partition coefficient (Wildman–Crippen LogP) is 3.52. The molecule has 3 rings (SSSR count). The summed E-state index contributed by atoms with van der Waals surface area (Å²) in [6.45, 7) is 4.04. The number of nitrogens with one attached hydrogen (secondary N) is 1. The van der Waals surface area contributed by atoms with Crippen molar-refractivity contribution >= 4 is 42.3 Å². The number of oxazole rings is 1. The van der Waals surface area contributed by atoms with E-state index in [-0.39, 0.29) is 36.8 Å². The van der Waals surface area contributed by atoms with Gasteiger partial charge in [-0.2, -0.15) is 0 Å². The van der Waals surface area contributed by atoms with Gasteiger partial charge in [0.2, 0.25) is 0 Å². The van der Waals surface area contributed by atoms with Gasteiger partial charge in [-0.3, -0.25) is 4.79 Å². The number of halogens is 3. The van der Waals surface area contributed by atoms with Crippen LogP contribution < -0.4 is 5.32 Å². The maximum absolute atomic E-state index is 12.9. The lowest BCUT2D eigenvalue weighted by molar-refractivity contribution is 0.0626. The topological polar surface area (TPSA) is 58.4 Å². The number of rotatable bonds is 3. The molecule has 0 saturated carbocycles. The Morgan fingerprint density at radius 1 is 1.46 bits per heavy atom. The molecule has 0 radical (unpaired) electrons. The van der Waals surface area contributed by atoms with E-state index in [0.717, 1.165) is 12.1 Å². The largest absolute Gasteiger partial charge is 0.448 e. The summed E-state index contributed by atoms with van der Waals surface area (Å²) in [7, 11) is 0. The van der Waals surface area contributed by atoms with Crippen molar-refractivity contribution in [3.05, 3.63) is 52.7 Å². The zero-order valence-corrected chi connectivity index (χ0v) is 15.6. The Morgan fingerprint density at radius 3 is 2.96 bits per heavy atom. The highest BCUT2D eigenvalue weighted by Crippen LogP contribution is 2.26. The van der Waals surface area contributed by atoms with Crippen molar-refractivity contribution < 1.29 is 9.21 Å². The highest BCUT2D eigenvalue weighted by Gasteiger charge is 2.31. The maximum Gasteiger partial charge on any atom is 0.276 e. The fourth-order valence-corrected chi connectivity index (χ4v) is 2.99. The molecule has 1 unspecified atom stereocenters. The van der Waals surface area contributed by atoms with Crippen molar-refractivity contribution in [1.29, 1.82) is 0 Å². The second-order valence-electron chi connectivity index (χ2n) is 5.25. The van der Waals surface area contributed by atoms with E-state index < -0.39 is 0 Å². The van der Waals surface area contributed by atoms with E-state index in [2.05, 4.69) is 10.3 Å².